The minimum atomic E-state index is -1.07. The van der Waals surface area contributed by atoms with Crippen LogP contribution in [0.15, 0.2) is 18.2 Å². The summed E-state index contributed by atoms with van der Waals surface area (Å²) in [5.41, 5.74) is -2.54. The topological polar surface area (TPSA) is 103 Å². The van der Waals surface area contributed by atoms with E-state index in [0.29, 0.717) is 0 Å². The second-order valence-electron chi connectivity index (χ2n) is 2.20. The van der Waals surface area contributed by atoms with Gasteiger partial charge in [0.1, 0.15) is 5.56 Å². The molecule has 0 aromatic heterocycles. The van der Waals surface area contributed by atoms with Crippen LogP contribution in [0, 0.1) is 20.2 Å². The fraction of sp³-hybridized carbons (Fsp3) is 0. The van der Waals surface area contributed by atoms with Crippen molar-refractivity contribution in [3.05, 3.63) is 44.0 Å². The number of para-hydroxylation sites is 1. The third-order valence-electron chi connectivity index (χ3n) is 1.42. The number of hydrogen-bond donors (Lipinski definition) is 0. The van der Waals surface area contributed by atoms with E-state index in [0.717, 1.165) is 12.1 Å². The normalized spacial score (nSPS) is 10.4. The Morgan fingerprint density at radius 3 is 2.43 bits per heavy atom. The lowest BCUT2D eigenvalue weighted by atomic mass is 10.2. The zero-order valence-corrected chi connectivity index (χ0v) is 6.59. The molecule has 71 valence electrons. The lowest BCUT2D eigenvalue weighted by Gasteiger charge is -1.95. The van der Waals surface area contributed by atoms with Crippen LogP contribution in [0.3, 0.4) is 0 Å². The molecule has 0 atom stereocenters. The highest BCUT2D eigenvalue weighted by atomic mass is 16.6. The van der Waals surface area contributed by atoms with Crippen molar-refractivity contribution >= 4 is 17.7 Å². The number of rotatable bonds is 3. The fourth-order valence-corrected chi connectivity index (χ4v) is 0.885. The van der Waals surface area contributed by atoms with Gasteiger partial charge in [-0.05, 0) is 6.07 Å². The summed E-state index contributed by atoms with van der Waals surface area (Å²) in [5.74, 6) is 0. The average molecular weight is 197 g/mol. The Labute approximate surface area is 78.7 Å². The van der Waals surface area contributed by atoms with E-state index in [9.17, 15) is 25.0 Å². The molecular formula is C7H3N2O5. The minimum absolute atomic E-state index is 0.539. The van der Waals surface area contributed by atoms with E-state index in [2.05, 4.69) is 0 Å². The molecule has 1 aromatic carbocycles. The predicted molar refractivity (Wildman–Crippen MR) is 44.5 cm³/mol. The molecule has 0 heterocycles. The number of nitro groups is 2. The van der Waals surface area contributed by atoms with Crippen LogP contribution in [-0.2, 0) is 4.79 Å². The first-order chi connectivity index (χ1) is 6.99. The standard InChI is InChI=1S/C7H3N2O5/c10-4-5-2-1-3-6(8(11)12)7(5)9(13)14/h1-3H/i3T. The maximum atomic E-state index is 10.5. The number of nitrogens with zero attached hydrogens (tertiary/aromatic N) is 2. The molecule has 0 aliphatic carbocycles. The van der Waals surface area contributed by atoms with Crippen molar-refractivity contribution in [1.82, 2.24) is 0 Å². The van der Waals surface area contributed by atoms with Gasteiger partial charge in [-0.1, -0.05) is 6.07 Å². The zero-order valence-electron chi connectivity index (χ0n) is 7.59. The van der Waals surface area contributed by atoms with E-state index in [1.165, 1.54) is 6.29 Å². The molecule has 0 unspecified atom stereocenters. The molecule has 0 bridgehead atoms. The van der Waals surface area contributed by atoms with Gasteiger partial charge >= 0.3 is 11.4 Å². The van der Waals surface area contributed by atoms with Crippen LogP contribution in [0.25, 0.3) is 0 Å². The van der Waals surface area contributed by atoms with Gasteiger partial charge in [-0.25, -0.2) is 0 Å². The van der Waals surface area contributed by atoms with E-state index in [1.54, 1.807) is 0 Å². The molecule has 0 saturated carbocycles. The Hall–Kier alpha value is -2.31. The van der Waals surface area contributed by atoms with Crippen LogP contribution in [-0.4, -0.2) is 16.1 Å². The summed E-state index contributed by atoms with van der Waals surface area (Å²) in [7, 11) is 0. The maximum Gasteiger partial charge on any atom is 0.357 e. The number of benzene rings is 1. The quantitative estimate of drug-likeness (QED) is 0.530. The molecule has 7 heteroatoms. The summed E-state index contributed by atoms with van der Waals surface area (Å²) in [6.07, 6.45) is 1.22. The molecule has 0 aliphatic rings. The molecule has 0 fully saturated rings. The third-order valence-corrected chi connectivity index (χ3v) is 1.42. The van der Waals surface area contributed by atoms with Gasteiger partial charge in [0.2, 0.25) is 6.29 Å². The Kier molecular flexibility index (Phi) is 2.14. The smallest absolute Gasteiger partial charge is 0.285 e. The highest BCUT2D eigenvalue weighted by molar-refractivity contribution is 5.85. The van der Waals surface area contributed by atoms with Crippen molar-refractivity contribution in [2.75, 3.05) is 0 Å². The van der Waals surface area contributed by atoms with Gasteiger partial charge < -0.3 is 0 Å². The van der Waals surface area contributed by atoms with Gasteiger partial charge in [-0.2, -0.15) is 0 Å². The van der Waals surface area contributed by atoms with Crippen LogP contribution in [0.5, 0.6) is 0 Å². The third kappa shape index (κ3) is 1.56. The molecule has 0 amide bonds. The Bertz CT molecular complexity index is 459. The zero-order chi connectivity index (χ0) is 11.6. The second-order valence-corrected chi connectivity index (χ2v) is 2.20. The highest BCUT2D eigenvalue weighted by Crippen LogP contribution is 2.28. The number of carbonyl (C=O) groups excluding carboxylic acids is 1. The van der Waals surface area contributed by atoms with Crippen LogP contribution in [0.2, 0.25) is 0 Å². The Morgan fingerprint density at radius 1 is 1.36 bits per heavy atom. The second kappa shape index (κ2) is 3.60. The minimum Gasteiger partial charge on any atom is -0.285 e. The van der Waals surface area contributed by atoms with Gasteiger partial charge in [-0.15, -0.1) is 0 Å². The monoisotopic (exact) mass is 197 g/mol. The molecule has 14 heavy (non-hydrogen) atoms. The van der Waals surface area contributed by atoms with Gasteiger partial charge in [0.05, 0.1) is 11.2 Å². The first-order valence-electron chi connectivity index (χ1n) is 3.79. The lowest BCUT2D eigenvalue weighted by Crippen LogP contribution is -2.00. The summed E-state index contributed by atoms with van der Waals surface area (Å²) in [4.78, 5) is 29.1. The van der Waals surface area contributed by atoms with E-state index >= 15 is 0 Å². The predicted octanol–water partition coefficient (Wildman–Crippen LogP) is 0.961. The van der Waals surface area contributed by atoms with E-state index < -0.39 is 32.8 Å². The first-order valence-corrected chi connectivity index (χ1v) is 3.29. The highest BCUT2D eigenvalue weighted by Gasteiger charge is 2.27. The van der Waals surface area contributed by atoms with Gasteiger partial charge in [0, 0.05) is 6.04 Å². The van der Waals surface area contributed by atoms with Crippen LogP contribution in [0.4, 0.5) is 11.4 Å². The van der Waals surface area contributed by atoms with Gasteiger partial charge in [-0.3, -0.25) is 25.0 Å². The number of nitro benzene ring substituents is 2. The van der Waals surface area contributed by atoms with E-state index in [-0.39, 0.29) is 0 Å². The Morgan fingerprint density at radius 2 is 2.00 bits per heavy atom. The molecule has 1 radical (unpaired) electrons. The van der Waals surface area contributed by atoms with Crippen LogP contribution < -0.4 is 0 Å². The molecule has 0 N–H and O–H groups in total. The van der Waals surface area contributed by atoms with Gasteiger partial charge in [0.15, 0.2) is 0 Å². The summed E-state index contributed by atoms with van der Waals surface area (Å²) in [6.45, 7) is 0. The van der Waals surface area contributed by atoms with Crippen LogP contribution >= 0.6 is 0 Å². The number of hydrogen-bond acceptors (Lipinski definition) is 5. The summed E-state index contributed by atoms with van der Waals surface area (Å²) in [5, 5.41) is 21.0. The lowest BCUT2D eigenvalue weighted by molar-refractivity contribution is -0.422. The molecule has 7 nitrogen and oxygen atoms in total. The average Bonchev–Trinajstić information content (AvgIpc) is 2.16. The molecule has 0 spiro atoms. The fourth-order valence-electron chi connectivity index (χ4n) is 0.885. The van der Waals surface area contributed by atoms with Crippen molar-refractivity contribution in [3.63, 3.8) is 0 Å². The Balaban J connectivity index is 3.65. The maximum absolute atomic E-state index is 10.5. The summed E-state index contributed by atoms with van der Waals surface area (Å²) in [6, 6.07) is 1.26. The van der Waals surface area contributed by atoms with Crippen molar-refractivity contribution in [2.45, 2.75) is 0 Å². The van der Waals surface area contributed by atoms with Gasteiger partial charge in [0.25, 0.3) is 0 Å². The SMILES string of the molecule is [3H]c1ccc([C]=O)c([N+](=O)[O-])c1[N+](=O)[O-]. The van der Waals surface area contributed by atoms with E-state index in [4.69, 9.17) is 1.37 Å². The van der Waals surface area contributed by atoms with E-state index in [1.807, 2.05) is 0 Å². The van der Waals surface area contributed by atoms with Crippen LogP contribution in [0.1, 0.15) is 6.93 Å². The summed E-state index contributed by atoms with van der Waals surface area (Å²) >= 11 is 0. The molecule has 1 aromatic rings. The molecule has 0 aliphatic heterocycles. The molecular weight excluding hydrogens is 192 g/mol. The first kappa shape index (κ1) is 8.30. The largest absolute Gasteiger partial charge is 0.357 e. The molecule has 0 saturated heterocycles. The van der Waals surface area contributed by atoms with Crippen molar-refractivity contribution in [1.29, 1.82) is 0 Å². The van der Waals surface area contributed by atoms with Crippen molar-refractivity contribution in [3.8, 4) is 0 Å². The van der Waals surface area contributed by atoms with Crippen molar-refractivity contribution < 1.29 is 16.0 Å². The van der Waals surface area contributed by atoms with Crippen molar-refractivity contribution in [2.24, 2.45) is 0 Å². The summed E-state index contributed by atoms with van der Waals surface area (Å²) < 4.78 is 7.13. The molecule has 1 rings (SSSR count).